The van der Waals surface area contributed by atoms with Gasteiger partial charge in [0.15, 0.2) is 0 Å². The highest BCUT2D eigenvalue weighted by molar-refractivity contribution is 6.52. The van der Waals surface area contributed by atoms with Gasteiger partial charge in [-0.05, 0) is 24.3 Å². The summed E-state index contributed by atoms with van der Waals surface area (Å²) < 4.78 is 5.08. The summed E-state index contributed by atoms with van der Waals surface area (Å²) in [5.74, 6) is -0.279. The number of piperazine rings is 1. The van der Waals surface area contributed by atoms with Gasteiger partial charge in [0.05, 0.1) is 25.7 Å². The van der Waals surface area contributed by atoms with Gasteiger partial charge in [-0.1, -0.05) is 0 Å². The summed E-state index contributed by atoms with van der Waals surface area (Å²) in [6.07, 6.45) is 4.97. The molecular formula is C19H20N6O4. The van der Waals surface area contributed by atoms with Crippen molar-refractivity contribution in [3.63, 3.8) is 0 Å². The number of anilines is 2. The summed E-state index contributed by atoms with van der Waals surface area (Å²) in [6, 6.07) is 5.78. The molecule has 1 aromatic heterocycles. The van der Waals surface area contributed by atoms with Crippen molar-refractivity contribution in [3.8, 4) is 5.75 Å². The maximum atomic E-state index is 12.8. The number of hydrogen-bond acceptors (Lipinski definition) is 8. The van der Waals surface area contributed by atoms with Crippen LogP contribution in [0.3, 0.4) is 0 Å². The van der Waals surface area contributed by atoms with Gasteiger partial charge in [0, 0.05) is 38.6 Å². The van der Waals surface area contributed by atoms with E-state index in [2.05, 4.69) is 14.9 Å². The van der Waals surface area contributed by atoms with Crippen molar-refractivity contribution >= 4 is 29.4 Å². The number of ether oxygens (including phenoxy) is 1. The SMILES string of the molecule is COc1ccc(N2C(=O)C(=O)N(CN3CCN(c4cnccn4)CC3)C2=O)cc1. The maximum Gasteiger partial charge on any atom is 0.340 e. The number of amides is 4. The van der Waals surface area contributed by atoms with Crippen LogP contribution in [0.2, 0.25) is 0 Å². The molecule has 2 aliphatic heterocycles. The molecule has 10 heteroatoms. The van der Waals surface area contributed by atoms with Crippen molar-refractivity contribution in [1.29, 1.82) is 0 Å². The molecule has 150 valence electrons. The van der Waals surface area contributed by atoms with Gasteiger partial charge < -0.3 is 9.64 Å². The van der Waals surface area contributed by atoms with E-state index in [9.17, 15) is 14.4 Å². The fourth-order valence-corrected chi connectivity index (χ4v) is 3.36. The first-order valence-electron chi connectivity index (χ1n) is 9.16. The number of imide groups is 2. The summed E-state index contributed by atoms with van der Waals surface area (Å²) in [5, 5.41) is 0. The lowest BCUT2D eigenvalue weighted by Crippen LogP contribution is -2.51. The fourth-order valence-electron chi connectivity index (χ4n) is 3.36. The molecule has 2 aliphatic rings. The molecule has 2 saturated heterocycles. The first kappa shape index (κ1) is 18.8. The van der Waals surface area contributed by atoms with Crippen LogP contribution in [-0.4, -0.2) is 77.6 Å². The molecule has 0 bridgehead atoms. The van der Waals surface area contributed by atoms with E-state index in [-0.39, 0.29) is 6.67 Å². The number of benzene rings is 1. The van der Waals surface area contributed by atoms with E-state index < -0.39 is 17.8 Å². The molecule has 10 nitrogen and oxygen atoms in total. The van der Waals surface area contributed by atoms with Gasteiger partial charge in [0.2, 0.25) is 0 Å². The summed E-state index contributed by atoms with van der Waals surface area (Å²) in [5.41, 5.74) is 0.337. The zero-order valence-electron chi connectivity index (χ0n) is 15.9. The smallest absolute Gasteiger partial charge is 0.340 e. The van der Waals surface area contributed by atoms with Gasteiger partial charge in [-0.3, -0.25) is 19.5 Å². The van der Waals surface area contributed by atoms with E-state index in [0.29, 0.717) is 37.6 Å². The third kappa shape index (κ3) is 3.61. The number of aromatic nitrogens is 2. The topological polar surface area (TPSA) is 99.2 Å². The van der Waals surface area contributed by atoms with Crippen LogP contribution in [-0.2, 0) is 9.59 Å². The lowest BCUT2D eigenvalue weighted by Gasteiger charge is -2.36. The Kier molecular flexibility index (Phi) is 5.09. The molecule has 1 aromatic carbocycles. The van der Waals surface area contributed by atoms with E-state index in [1.54, 1.807) is 42.9 Å². The maximum absolute atomic E-state index is 12.8. The zero-order valence-corrected chi connectivity index (χ0v) is 15.9. The number of rotatable bonds is 5. The summed E-state index contributed by atoms with van der Waals surface area (Å²) in [4.78, 5) is 51.9. The van der Waals surface area contributed by atoms with Crippen molar-refractivity contribution in [1.82, 2.24) is 19.8 Å². The molecule has 4 rings (SSSR count). The first-order valence-corrected chi connectivity index (χ1v) is 9.16. The molecule has 0 aliphatic carbocycles. The molecule has 29 heavy (non-hydrogen) atoms. The molecule has 0 saturated carbocycles. The molecule has 0 spiro atoms. The standard InChI is InChI=1S/C19H20N6O4/c1-29-15-4-2-14(3-5-15)25-18(27)17(26)24(19(25)28)13-22-8-10-23(11-9-22)16-12-20-6-7-21-16/h2-7,12H,8-11,13H2,1H3. The lowest BCUT2D eigenvalue weighted by molar-refractivity contribution is -0.140. The second kappa shape index (κ2) is 7.84. The predicted molar refractivity (Wildman–Crippen MR) is 103 cm³/mol. The quantitative estimate of drug-likeness (QED) is 0.534. The monoisotopic (exact) mass is 396 g/mol. The molecule has 0 unspecified atom stereocenters. The number of carbonyl (C=O) groups is 3. The van der Waals surface area contributed by atoms with Gasteiger partial charge in [-0.25, -0.2) is 19.6 Å². The molecule has 4 amide bonds. The number of hydrogen-bond donors (Lipinski definition) is 0. The molecule has 2 aromatic rings. The second-order valence-electron chi connectivity index (χ2n) is 6.66. The van der Waals surface area contributed by atoms with Crippen LogP contribution < -0.4 is 14.5 Å². The van der Waals surface area contributed by atoms with Crippen LogP contribution in [0, 0.1) is 0 Å². The van der Waals surface area contributed by atoms with Crippen LogP contribution in [0.4, 0.5) is 16.3 Å². The van der Waals surface area contributed by atoms with Crippen molar-refractivity contribution in [2.24, 2.45) is 0 Å². The van der Waals surface area contributed by atoms with Gasteiger partial charge in [-0.2, -0.15) is 0 Å². The van der Waals surface area contributed by atoms with E-state index >= 15 is 0 Å². The largest absolute Gasteiger partial charge is 0.497 e. The first-order chi connectivity index (χ1) is 14.1. The Hall–Kier alpha value is -3.53. The normalized spacial score (nSPS) is 18.0. The minimum absolute atomic E-state index is 0.0738. The third-order valence-corrected chi connectivity index (χ3v) is 4.97. The molecule has 0 N–H and O–H groups in total. The zero-order chi connectivity index (χ0) is 20.4. The Labute approximate surface area is 167 Å². The van der Waals surface area contributed by atoms with E-state index in [0.717, 1.165) is 15.6 Å². The van der Waals surface area contributed by atoms with E-state index in [4.69, 9.17) is 4.74 Å². The Morgan fingerprint density at radius 2 is 1.69 bits per heavy atom. The Morgan fingerprint density at radius 3 is 2.31 bits per heavy atom. The number of carbonyl (C=O) groups excluding carboxylic acids is 3. The summed E-state index contributed by atoms with van der Waals surface area (Å²) >= 11 is 0. The average Bonchev–Trinajstić information content (AvgIpc) is 2.98. The molecule has 0 atom stereocenters. The Morgan fingerprint density at radius 1 is 0.966 bits per heavy atom. The van der Waals surface area contributed by atoms with Crippen molar-refractivity contribution in [2.45, 2.75) is 0 Å². The van der Waals surface area contributed by atoms with Crippen molar-refractivity contribution < 1.29 is 19.1 Å². The van der Waals surface area contributed by atoms with Crippen LogP contribution in [0.25, 0.3) is 0 Å². The Balaban J connectivity index is 1.41. The van der Waals surface area contributed by atoms with Crippen LogP contribution >= 0.6 is 0 Å². The highest BCUT2D eigenvalue weighted by Crippen LogP contribution is 2.25. The van der Waals surface area contributed by atoms with E-state index in [1.165, 1.54) is 7.11 Å². The van der Waals surface area contributed by atoms with Gasteiger partial charge >= 0.3 is 17.8 Å². The fraction of sp³-hybridized carbons (Fsp3) is 0.316. The molecular weight excluding hydrogens is 376 g/mol. The van der Waals surface area contributed by atoms with Gasteiger partial charge in [0.25, 0.3) is 0 Å². The third-order valence-electron chi connectivity index (χ3n) is 4.97. The van der Waals surface area contributed by atoms with Crippen LogP contribution in [0.1, 0.15) is 0 Å². The number of urea groups is 1. The summed E-state index contributed by atoms with van der Waals surface area (Å²) in [6.45, 7) is 2.70. The summed E-state index contributed by atoms with van der Waals surface area (Å²) in [7, 11) is 1.52. The number of methoxy groups -OCH3 is 1. The highest BCUT2D eigenvalue weighted by atomic mass is 16.5. The average molecular weight is 396 g/mol. The Bertz CT molecular complexity index is 912. The molecule has 2 fully saturated rings. The van der Waals surface area contributed by atoms with Crippen LogP contribution in [0.5, 0.6) is 5.75 Å². The highest BCUT2D eigenvalue weighted by Gasteiger charge is 2.46. The van der Waals surface area contributed by atoms with Gasteiger partial charge in [-0.15, -0.1) is 0 Å². The number of nitrogens with zero attached hydrogens (tertiary/aromatic N) is 6. The van der Waals surface area contributed by atoms with E-state index in [1.807, 2.05) is 4.90 Å². The second-order valence-corrected chi connectivity index (χ2v) is 6.66. The minimum Gasteiger partial charge on any atom is -0.497 e. The van der Waals surface area contributed by atoms with Crippen molar-refractivity contribution in [2.75, 3.05) is 49.8 Å². The van der Waals surface area contributed by atoms with Gasteiger partial charge in [0.1, 0.15) is 11.6 Å². The lowest BCUT2D eigenvalue weighted by atomic mass is 10.3. The van der Waals surface area contributed by atoms with Crippen LogP contribution in [0.15, 0.2) is 42.9 Å². The molecule has 0 radical (unpaired) electrons. The molecule has 3 heterocycles. The minimum atomic E-state index is -0.849. The predicted octanol–water partition coefficient (Wildman–Crippen LogP) is 0.560. The van der Waals surface area contributed by atoms with Crippen molar-refractivity contribution in [3.05, 3.63) is 42.9 Å².